The van der Waals surface area contributed by atoms with Crippen molar-refractivity contribution in [1.29, 1.82) is 0 Å². The molecule has 0 fully saturated rings. The molecular formula is C24H34N2O3S. The predicted molar refractivity (Wildman–Crippen MR) is 125 cm³/mol. The maximum Gasteiger partial charge on any atom is 0.244 e. The quantitative estimate of drug-likeness (QED) is 0.695. The maximum absolute atomic E-state index is 13.2. The Bertz CT molecular complexity index is 1020. The average Bonchev–Trinajstić information content (AvgIpc) is 2.60. The van der Waals surface area contributed by atoms with Crippen molar-refractivity contribution in [2.75, 3.05) is 10.6 Å². The van der Waals surface area contributed by atoms with Crippen LogP contribution in [0.4, 0.5) is 5.69 Å². The third-order valence-corrected chi connectivity index (χ3v) is 6.68. The van der Waals surface area contributed by atoms with Crippen LogP contribution < -0.4 is 9.62 Å². The third-order valence-electron chi connectivity index (χ3n) is 5.50. The lowest BCUT2D eigenvalue weighted by atomic mass is 9.96. The fraction of sp³-hybridized carbons (Fsp3) is 0.458. The zero-order valence-electron chi connectivity index (χ0n) is 19.3. The standard InChI is InChI=1S/C24H34N2O3S/c1-9-23(26(30(8,28)29)21-11-15(2)10-16(3)12-21)24(27)25-20(7)22-14-18(5)17(4)13-19(22)6/h10-14,20,23H,9H2,1-8H3,(H,25,27). The molecule has 0 aliphatic carbocycles. The molecule has 1 amide bonds. The van der Waals surface area contributed by atoms with Gasteiger partial charge in [-0.1, -0.05) is 25.1 Å². The fourth-order valence-corrected chi connectivity index (χ4v) is 5.17. The Balaban J connectivity index is 2.40. The molecule has 0 saturated carbocycles. The van der Waals surface area contributed by atoms with Crippen LogP contribution in [0, 0.1) is 34.6 Å². The lowest BCUT2D eigenvalue weighted by molar-refractivity contribution is -0.122. The first-order valence-corrected chi connectivity index (χ1v) is 12.2. The van der Waals surface area contributed by atoms with Crippen LogP contribution in [0.5, 0.6) is 0 Å². The normalized spacial score (nSPS) is 13.6. The number of anilines is 1. The highest BCUT2D eigenvalue weighted by atomic mass is 32.2. The van der Waals surface area contributed by atoms with E-state index in [0.717, 1.165) is 34.1 Å². The number of rotatable bonds is 7. The summed E-state index contributed by atoms with van der Waals surface area (Å²) in [4.78, 5) is 13.2. The topological polar surface area (TPSA) is 66.5 Å². The highest BCUT2D eigenvalue weighted by Gasteiger charge is 2.32. The summed E-state index contributed by atoms with van der Waals surface area (Å²) in [6.45, 7) is 13.7. The molecule has 0 spiro atoms. The second-order valence-corrected chi connectivity index (χ2v) is 10.2. The number of hydrogen-bond donors (Lipinski definition) is 1. The van der Waals surface area contributed by atoms with Gasteiger partial charge in [0.1, 0.15) is 6.04 Å². The van der Waals surface area contributed by atoms with Gasteiger partial charge in [-0.3, -0.25) is 9.10 Å². The van der Waals surface area contributed by atoms with Gasteiger partial charge in [0, 0.05) is 0 Å². The number of nitrogens with one attached hydrogen (secondary N) is 1. The van der Waals surface area contributed by atoms with Crippen LogP contribution in [-0.2, 0) is 14.8 Å². The van der Waals surface area contributed by atoms with Crippen molar-refractivity contribution in [3.05, 3.63) is 63.7 Å². The van der Waals surface area contributed by atoms with Gasteiger partial charge in [0.15, 0.2) is 0 Å². The van der Waals surface area contributed by atoms with Gasteiger partial charge >= 0.3 is 0 Å². The molecule has 6 heteroatoms. The molecule has 2 aromatic rings. The first-order chi connectivity index (χ1) is 13.8. The Hall–Kier alpha value is -2.34. The third kappa shape index (κ3) is 5.42. The summed E-state index contributed by atoms with van der Waals surface area (Å²) < 4.78 is 26.6. The van der Waals surface area contributed by atoms with E-state index in [1.807, 2.05) is 47.6 Å². The molecule has 2 rings (SSSR count). The van der Waals surface area contributed by atoms with Gasteiger partial charge in [-0.25, -0.2) is 8.42 Å². The number of nitrogens with zero attached hydrogens (tertiary/aromatic N) is 1. The van der Waals surface area contributed by atoms with Crippen LogP contribution >= 0.6 is 0 Å². The molecule has 0 radical (unpaired) electrons. The van der Waals surface area contributed by atoms with Crippen molar-refractivity contribution in [3.63, 3.8) is 0 Å². The molecule has 30 heavy (non-hydrogen) atoms. The van der Waals surface area contributed by atoms with Gasteiger partial charge in [-0.05, 0) is 93.5 Å². The van der Waals surface area contributed by atoms with E-state index in [-0.39, 0.29) is 11.9 Å². The number of benzene rings is 2. The highest BCUT2D eigenvalue weighted by molar-refractivity contribution is 7.92. The van der Waals surface area contributed by atoms with Gasteiger partial charge in [-0.2, -0.15) is 0 Å². The molecule has 0 saturated heterocycles. The van der Waals surface area contributed by atoms with E-state index >= 15 is 0 Å². The molecule has 1 N–H and O–H groups in total. The van der Waals surface area contributed by atoms with E-state index in [0.29, 0.717) is 12.1 Å². The molecule has 164 valence electrons. The molecule has 0 aliphatic rings. The van der Waals surface area contributed by atoms with Crippen LogP contribution in [0.15, 0.2) is 30.3 Å². The predicted octanol–water partition coefficient (Wildman–Crippen LogP) is 4.65. The second kappa shape index (κ2) is 9.21. The van der Waals surface area contributed by atoms with Gasteiger partial charge < -0.3 is 5.32 Å². The highest BCUT2D eigenvalue weighted by Crippen LogP contribution is 2.26. The summed E-state index contributed by atoms with van der Waals surface area (Å²) >= 11 is 0. The number of carbonyl (C=O) groups is 1. The summed E-state index contributed by atoms with van der Waals surface area (Å²) in [5, 5.41) is 3.04. The lowest BCUT2D eigenvalue weighted by Crippen LogP contribution is -2.49. The lowest BCUT2D eigenvalue weighted by Gasteiger charge is -2.31. The van der Waals surface area contributed by atoms with Crippen molar-refractivity contribution in [3.8, 4) is 0 Å². The van der Waals surface area contributed by atoms with Gasteiger partial charge in [0.2, 0.25) is 15.9 Å². The molecule has 2 aromatic carbocycles. The van der Waals surface area contributed by atoms with E-state index in [1.165, 1.54) is 9.87 Å². The van der Waals surface area contributed by atoms with Crippen LogP contribution in [0.25, 0.3) is 0 Å². The molecule has 0 aromatic heterocycles. The van der Waals surface area contributed by atoms with E-state index in [1.54, 1.807) is 12.1 Å². The number of amides is 1. The van der Waals surface area contributed by atoms with E-state index in [2.05, 4.69) is 24.4 Å². The van der Waals surface area contributed by atoms with Gasteiger partial charge in [0.05, 0.1) is 18.0 Å². The van der Waals surface area contributed by atoms with Crippen LogP contribution in [-0.4, -0.2) is 26.6 Å². The maximum atomic E-state index is 13.2. The van der Waals surface area contributed by atoms with Crippen LogP contribution in [0.1, 0.15) is 59.7 Å². The van der Waals surface area contributed by atoms with E-state index in [9.17, 15) is 13.2 Å². The zero-order valence-corrected chi connectivity index (χ0v) is 20.1. The minimum Gasteiger partial charge on any atom is -0.348 e. The van der Waals surface area contributed by atoms with Crippen molar-refractivity contribution in [1.82, 2.24) is 5.32 Å². The minimum atomic E-state index is -3.66. The number of sulfonamides is 1. The van der Waals surface area contributed by atoms with Crippen molar-refractivity contribution >= 4 is 21.6 Å². The van der Waals surface area contributed by atoms with Gasteiger partial charge in [-0.15, -0.1) is 0 Å². The Morgan fingerprint density at radius 1 is 0.933 bits per heavy atom. The smallest absolute Gasteiger partial charge is 0.244 e. The summed E-state index contributed by atoms with van der Waals surface area (Å²) in [6.07, 6.45) is 1.52. The van der Waals surface area contributed by atoms with Crippen molar-refractivity contribution in [2.24, 2.45) is 0 Å². The van der Waals surface area contributed by atoms with Gasteiger partial charge in [0.25, 0.3) is 0 Å². The first kappa shape index (κ1) is 23.9. The Morgan fingerprint density at radius 3 is 1.97 bits per heavy atom. The number of carbonyl (C=O) groups excluding carboxylic acids is 1. The Labute approximate surface area is 181 Å². The molecular weight excluding hydrogens is 396 g/mol. The van der Waals surface area contributed by atoms with E-state index < -0.39 is 16.1 Å². The van der Waals surface area contributed by atoms with Crippen molar-refractivity contribution < 1.29 is 13.2 Å². The Kier molecular flexibility index (Phi) is 7.35. The monoisotopic (exact) mass is 430 g/mol. The molecule has 2 atom stereocenters. The summed E-state index contributed by atoms with van der Waals surface area (Å²) in [7, 11) is -3.66. The number of aryl methyl sites for hydroxylation is 5. The largest absolute Gasteiger partial charge is 0.348 e. The molecule has 2 unspecified atom stereocenters. The van der Waals surface area contributed by atoms with E-state index in [4.69, 9.17) is 0 Å². The fourth-order valence-electron chi connectivity index (χ4n) is 3.97. The van der Waals surface area contributed by atoms with Crippen LogP contribution in [0.2, 0.25) is 0 Å². The first-order valence-electron chi connectivity index (χ1n) is 10.3. The van der Waals surface area contributed by atoms with Crippen LogP contribution in [0.3, 0.4) is 0 Å². The summed E-state index contributed by atoms with van der Waals surface area (Å²) in [5.74, 6) is -0.299. The summed E-state index contributed by atoms with van der Waals surface area (Å²) in [5.41, 5.74) is 6.94. The zero-order chi connectivity index (χ0) is 22.8. The average molecular weight is 431 g/mol. The Morgan fingerprint density at radius 2 is 1.47 bits per heavy atom. The second-order valence-electron chi connectivity index (χ2n) is 8.35. The molecule has 0 bridgehead atoms. The molecule has 0 aliphatic heterocycles. The van der Waals surface area contributed by atoms with Crippen molar-refractivity contribution in [2.45, 2.75) is 67.0 Å². The molecule has 5 nitrogen and oxygen atoms in total. The molecule has 0 heterocycles. The number of hydrogen-bond acceptors (Lipinski definition) is 3. The SMILES string of the molecule is CCC(C(=O)NC(C)c1cc(C)c(C)cc1C)N(c1cc(C)cc(C)c1)S(C)(=O)=O. The summed E-state index contributed by atoms with van der Waals surface area (Å²) in [6, 6.07) is 8.75. The minimum absolute atomic E-state index is 0.230.